The van der Waals surface area contributed by atoms with E-state index in [9.17, 15) is 43.5 Å². The molecule has 0 aliphatic carbocycles. The van der Waals surface area contributed by atoms with E-state index in [1.54, 1.807) is 54.5 Å². The molecule has 0 spiro atoms. The van der Waals surface area contributed by atoms with Crippen LogP contribution < -0.4 is 16.0 Å². The van der Waals surface area contributed by atoms with Crippen LogP contribution in [-0.4, -0.2) is 238 Å². The number of rotatable bonds is 16. The average molecular weight is 1250 g/mol. The summed E-state index contributed by atoms with van der Waals surface area (Å²) in [5, 5.41) is 20.5. The topological polar surface area (TPSA) is 270 Å². The van der Waals surface area contributed by atoms with E-state index in [0.29, 0.717) is 6.42 Å². The van der Waals surface area contributed by atoms with E-state index in [1.807, 2.05) is 61.5 Å². The van der Waals surface area contributed by atoms with E-state index in [4.69, 9.17) is 0 Å². The minimum absolute atomic E-state index is 0.0223. The van der Waals surface area contributed by atoms with Crippen molar-refractivity contribution in [3.05, 3.63) is 12.2 Å². The molecular weight excluding hydrogens is 1130 g/mol. The highest BCUT2D eigenvalue weighted by Gasteiger charge is 2.46. The molecule has 1 saturated heterocycles. The predicted octanol–water partition coefficient (Wildman–Crippen LogP) is 3.81. The lowest BCUT2D eigenvalue weighted by Gasteiger charge is -2.42. The maximum Gasteiger partial charge on any atom is 0.246 e. The van der Waals surface area contributed by atoms with E-state index in [2.05, 4.69) is 25.2 Å². The number of nitrogens with one attached hydrogen (secondary N) is 3. The van der Waals surface area contributed by atoms with Crippen LogP contribution in [0.3, 0.4) is 0 Å². The van der Waals surface area contributed by atoms with Gasteiger partial charge in [-0.05, 0) is 101 Å². The van der Waals surface area contributed by atoms with Gasteiger partial charge in [0.2, 0.25) is 65.0 Å². The Hall–Kier alpha value is -5.70. The number of hydrogen-bond donors (Lipinski definition) is 4. The van der Waals surface area contributed by atoms with Crippen molar-refractivity contribution in [1.29, 1.82) is 0 Å². The molecule has 1 aliphatic rings. The van der Waals surface area contributed by atoms with E-state index in [1.165, 1.54) is 92.6 Å². The summed E-state index contributed by atoms with van der Waals surface area (Å²) >= 11 is 0. The average Bonchev–Trinajstić information content (AvgIpc) is 2.16. The van der Waals surface area contributed by atoms with Crippen LogP contribution in [0.25, 0.3) is 0 Å². The highest BCUT2D eigenvalue weighted by molar-refractivity contribution is 7.16. The highest BCUT2D eigenvalue weighted by Crippen LogP contribution is 2.26. The maximum atomic E-state index is 15.2. The minimum Gasteiger partial charge on any atom is -0.390 e. The number of amides is 11. The molecule has 0 bridgehead atoms. The van der Waals surface area contributed by atoms with Crippen molar-refractivity contribution in [2.24, 2.45) is 41.4 Å². The van der Waals surface area contributed by atoms with Crippen LogP contribution in [0.15, 0.2) is 12.2 Å². The first-order valence-electron chi connectivity index (χ1n) is 31.2. The third kappa shape index (κ3) is 21.8. The lowest BCUT2D eigenvalue weighted by Crippen LogP contribution is -2.63. The lowest BCUT2D eigenvalue weighted by atomic mass is 9.91. The van der Waals surface area contributed by atoms with Gasteiger partial charge in [-0.15, -0.1) is 9.24 Å². The molecule has 4 N–H and O–H groups in total. The largest absolute Gasteiger partial charge is 0.390 e. The normalized spacial score (nSPS) is 26.7. The Morgan fingerprint density at radius 3 is 1.37 bits per heavy atom. The van der Waals surface area contributed by atoms with Crippen molar-refractivity contribution >= 4 is 74.2 Å². The maximum absolute atomic E-state index is 15.2. The molecule has 0 radical (unpaired) electrons. The van der Waals surface area contributed by atoms with Gasteiger partial charge in [0.1, 0.15) is 60.4 Å². The zero-order chi connectivity index (χ0) is 67.6. The molecule has 0 saturated carbocycles. The summed E-state index contributed by atoms with van der Waals surface area (Å²) in [7, 11) is 12.4. The van der Waals surface area contributed by atoms with Crippen LogP contribution in [0.1, 0.15) is 156 Å². The van der Waals surface area contributed by atoms with Crippen LogP contribution in [0.4, 0.5) is 0 Å². The molecule has 11 amide bonds. The Kier molecular flexibility index (Phi) is 32.9. The minimum atomic E-state index is -1.61. The fourth-order valence-corrected chi connectivity index (χ4v) is 11.6. The summed E-state index contributed by atoms with van der Waals surface area (Å²) in [6.45, 7) is 29.5. The number of aliphatic hydroxyl groups is 1. The van der Waals surface area contributed by atoms with Crippen molar-refractivity contribution in [3.8, 4) is 0 Å². The summed E-state index contributed by atoms with van der Waals surface area (Å²) in [5.41, 5.74) is 0. The Morgan fingerprint density at radius 1 is 0.506 bits per heavy atom. The predicted molar refractivity (Wildman–Crippen MR) is 342 cm³/mol. The van der Waals surface area contributed by atoms with Crippen LogP contribution in [0, 0.1) is 41.4 Å². The molecule has 24 heteroatoms. The van der Waals surface area contributed by atoms with Crippen molar-refractivity contribution < 1.29 is 57.8 Å². The number of allylic oxidation sites excluding steroid dienone is 2. The second kappa shape index (κ2) is 36.1. The van der Waals surface area contributed by atoms with Crippen molar-refractivity contribution in [3.63, 3.8) is 0 Å². The highest BCUT2D eigenvalue weighted by atomic mass is 31.0. The van der Waals surface area contributed by atoms with E-state index >= 15 is 14.4 Å². The summed E-state index contributed by atoms with van der Waals surface area (Å²) < 4.78 is 0. The van der Waals surface area contributed by atoms with Crippen LogP contribution >= 0.6 is 9.24 Å². The number of nitrogens with zero attached hydrogens (tertiary/aromatic N) is 8. The number of hydrogen-bond acceptors (Lipinski definition) is 12. The molecule has 1 fully saturated rings. The molecule has 1 rings (SSSR count). The fourth-order valence-electron chi connectivity index (χ4n) is 11.1. The molecule has 1 aliphatic heterocycles. The van der Waals surface area contributed by atoms with Gasteiger partial charge in [-0.3, -0.25) is 52.7 Å². The van der Waals surface area contributed by atoms with Crippen molar-refractivity contribution in [2.75, 3.05) is 62.2 Å². The van der Waals surface area contributed by atoms with Gasteiger partial charge < -0.3 is 60.3 Å². The third-order valence-electron chi connectivity index (χ3n) is 16.6. The summed E-state index contributed by atoms with van der Waals surface area (Å²) in [6.07, 6.45) is 2.99. The Morgan fingerprint density at radius 2 is 0.931 bits per heavy atom. The molecule has 23 nitrogen and oxygen atoms in total. The fraction of sp³-hybridized carbons (Fsp3) is 0.794. The van der Waals surface area contributed by atoms with Crippen molar-refractivity contribution in [1.82, 2.24) is 55.1 Å². The standard InChI is InChI=1S/C63H114N11O12P/c1-25-27-28-41(15)53(76)52-56(79)65-44(26-2)59(82)67(18)33-49(75)68(19)45(29-35(3)4)55(78)66-50(39(11)12)62(85)69(20)46(30-36(5)6)54(77)64-42(16)57(80)74(34-87)43(17)58(81)70(21)47(31-37(7)8)60(83)71(22)48(32-38(9)10)61(84)72(23)51(40(13)14)63(86)73(52)24/h25,27,35-48,50-53,76H,26,28-34,87H2,1-24H3,(H,64,77)(H,65,79)(H,66,78)/b27-25+. The van der Waals surface area contributed by atoms with Gasteiger partial charge in [-0.25, -0.2) is 0 Å². The first-order chi connectivity index (χ1) is 40.2. The summed E-state index contributed by atoms with van der Waals surface area (Å²) in [4.78, 5) is 172. The second-order valence-electron chi connectivity index (χ2n) is 26.5. The van der Waals surface area contributed by atoms with Crippen LogP contribution in [0.5, 0.6) is 0 Å². The molecule has 0 aromatic heterocycles. The molecule has 1 heterocycles. The van der Waals surface area contributed by atoms with Gasteiger partial charge in [0.05, 0.1) is 12.6 Å². The van der Waals surface area contributed by atoms with E-state index < -0.39 is 156 Å². The SMILES string of the molecule is C/C=C/CC(C)C(O)C1C(=O)NC(CC)C(=O)N(C)CC(=O)N(C)C(CC(C)C)C(=O)NC(C(C)C)C(=O)N(C)C(CC(C)C)C(=O)NC(C)C(=O)N(CP)C(C)C(=O)N(C)C(CC(C)C)C(=O)N(C)C(CC(C)C)C(=O)N(C)C(C(C)C)C(=O)N1C. The molecule has 0 aromatic carbocycles. The zero-order valence-electron chi connectivity index (χ0n) is 57.3. The quantitative estimate of drug-likeness (QED) is 0.127. The van der Waals surface area contributed by atoms with Gasteiger partial charge in [0.25, 0.3) is 0 Å². The first-order valence-corrected chi connectivity index (χ1v) is 32.0. The molecule has 13 atom stereocenters. The first kappa shape index (κ1) is 79.3. The second-order valence-corrected chi connectivity index (χ2v) is 26.9. The number of aliphatic hydroxyl groups excluding tert-OH is 1. The third-order valence-corrected chi connectivity index (χ3v) is 17.0. The molecule has 87 heavy (non-hydrogen) atoms. The van der Waals surface area contributed by atoms with Gasteiger partial charge >= 0.3 is 0 Å². The molecule has 0 aromatic rings. The molecular formula is C63H114N11O12P. The van der Waals surface area contributed by atoms with Gasteiger partial charge in [-0.2, -0.15) is 0 Å². The van der Waals surface area contributed by atoms with E-state index in [0.717, 1.165) is 9.80 Å². The van der Waals surface area contributed by atoms with Crippen molar-refractivity contribution in [2.45, 2.75) is 223 Å². The summed E-state index contributed by atoms with van der Waals surface area (Å²) in [5.74, 6) is -9.56. The number of likely N-dealkylation sites (N-methyl/N-ethyl adjacent to an activating group) is 7. The van der Waals surface area contributed by atoms with Gasteiger partial charge in [0, 0.05) is 55.6 Å². The van der Waals surface area contributed by atoms with E-state index in [-0.39, 0.29) is 62.1 Å². The zero-order valence-corrected chi connectivity index (χ0v) is 58.5. The van der Waals surface area contributed by atoms with Crippen LogP contribution in [-0.2, 0) is 52.7 Å². The number of carbonyl (C=O) groups excluding carboxylic acids is 11. The smallest absolute Gasteiger partial charge is 0.246 e. The Bertz CT molecular complexity index is 2390. The molecule has 13 unspecified atom stereocenters. The lowest BCUT2D eigenvalue weighted by molar-refractivity contribution is -0.158. The monoisotopic (exact) mass is 1250 g/mol. The molecule has 498 valence electrons. The number of carbonyl (C=O) groups is 11. The van der Waals surface area contributed by atoms with Gasteiger partial charge in [0.15, 0.2) is 0 Å². The van der Waals surface area contributed by atoms with Crippen LogP contribution in [0.2, 0.25) is 0 Å². The Labute approximate surface area is 523 Å². The summed E-state index contributed by atoms with van der Waals surface area (Å²) in [6, 6.07) is -12.3. The Balaban J connectivity index is 4.41. The van der Waals surface area contributed by atoms with Gasteiger partial charge in [-0.1, -0.05) is 109 Å².